The van der Waals surface area contributed by atoms with Crippen LogP contribution in [0.25, 0.3) is 0 Å². The lowest BCUT2D eigenvalue weighted by Crippen LogP contribution is -2.13. The van der Waals surface area contributed by atoms with E-state index >= 15 is 0 Å². The number of aliphatic carboxylic acids is 1. The third kappa shape index (κ3) is 5.96. The molecule has 1 fully saturated rings. The number of hydrogen-bond donors (Lipinski definition) is 2. The lowest BCUT2D eigenvalue weighted by Gasteiger charge is -2.13. The zero-order chi connectivity index (χ0) is 19.8. The van der Waals surface area contributed by atoms with Crippen LogP contribution in [0.15, 0.2) is 42.5 Å². The van der Waals surface area contributed by atoms with Gasteiger partial charge in [0.25, 0.3) is 0 Å². The molecular weight excluding hydrogens is 356 g/mol. The number of rotatable bonds is 12. The maximum Gasteiger partial charge on any atom is 0.311 e. The second kappa shape index (κ2) is 10.1. The standard InChI is InChI=1S/C22H28N2O4/c1-27-14-3-13-23-20-5-2-4-18(24-20)12-15-28-19-10-8-17(9-11-19)21(22(25)26)16-6-7-16/h2,4-5,8-11,16,21H,3,6-7,12-15H2,1H3,(H,23,24)(H,25,26). The Hall–Kier alpha value is -2.60. The van der Waals surface area contributed by atoms with Crippen LogP contribution in [0.2, 0.25) is 0 Å². The van der Waals surface area contributed by atoms with Crippen molar-refractivity contribution in [2.75, 3.05) is 32.2 Å². The largest absolute Gasteiger partial charge is 0.493 e. The maximum absolute atomic E-state index is 11.5. The molecule has 2 aromatic rings. The average molecular weight is 384 g/mol. The highest BCUT2D eigenvalue weighted by Crippen LogP contribution is 2.43. The summed E-state index contributed by atoms with van der Waals surface area (Å²) in [5.74, 6) is 0.760. The summed E-state index contributed by atoms with van der Waals surface area (Å²) in [5.41, 5.74) is 1.82. The summed E-state index contributed by atoms with van der Waals surface area (Å²) in [5, 5.41) is 12.7. The van der Waals surface area contributed by atoms with Gasteiger partial charge in [0.1, 0.15) is 11.6 Å². The minimum Gasteiger partial charge on any atom is -0.493 e. The Morgan fingerprint density at radius 3 is 2.68 bits per heavy atom. The van der Waals surface area contributed by atoms with Gasteiger partial charge < -0.3 is 19.9 Å². The topological polar surface area (TPSA) is 80.7 Å². The molecule has 2 N–H and O–H groups in total. The highest BCUT2D eigenvalue weighted by molar-refractivity contribution is 5.77. The van der Waals surface area contributed by atoms with E-state index in [0.717, 1.165) is 55.2 Å². The van der Waals surface area contributed by atoms with Crippen LogP contribution in [0.3, 0.4) is 0 Å². The Morgan fingerprint density at radius 1 is 1.21 bits per heavy atom. The average Bonchev–Trinajstić information content (AvgIpc) is 3.52. The Balaban J connectivity index is 1.46. The number of aromatic nitrogens is 1. The van der Waals surface area contributed by atoms with E-state index in [-0.39, 0.29) is 5.92 Å². The lowest BCUT2D eigenvalue weighted by atomic mass is 9.94. The van der Waals surface area contributed by atoms with E-state index in [4.69, 9.17) is 9.47 Å². The number of carbonyl (C=O) groups is 1. The highest BCUT2D eigenvalue weighted by atomic mass is 16.5. The van der Waals surface area contributed by atoms with E-state index in [1.807, 2.05) is 42.5 Å². The quantitative estimate of drug-likeness (QED) is 0.543. The third-order valence-corrected chi connectivity index (χ3v) is 4.86. The fourth-order valence-corrected chi connectivity index (χ4v) is 3.24. The van der Waals surface area contributed by atoms with Crippen molar-refractivity contribution < 1.29 is 19.4 Å². The molecule has 6 nitrogen and oxygen atoms in total. The number of nitrogens with zero attached hydrogens (tertiary/aromatic N) is 1. The maximum atomic E-state index is 11.5. The van der Waals surface area contributed by atoms with Gasteiger partial charge in [0, 0.05) is 32.4 Å². The molecule has 1 saturated carbocycles. The first kappa shape index (κ1) is 20.1. The molecule has 0 radical (unpaired) electrons. The van der Waals surface area contributed by atoms with Crippen molar-refractivity contribution >= 4 is 11.8 Å². The van der Waals surface area contributed by atoms with E-state index in [1.54, 1.807) is 7.11 Å². The van der Waals surface area contributed by atoms with Gasteiger partial charge in [0.2, 0.25) is 0 Å². The summed E-state index contributed by atoms with van der Waals surface area (Å²) in [7, 11) is 1.70. The smallest absolute Gasteiger partial charge is 0.311 e. The summed E-state index contributed by atoms with van der Waals surface area (Å²) < 4.78 is 10.8. The number of pyridine rings is 1. The Labute approximate surface area is 165 Å². The van der Waals surface area contributed by atoms with Crippen LogP contribution in [0.1, 0.15) is 36.4 Å². The monoisotopic (exact) mass is 384 g/mol. The van der Waals surface area contributed by atoms with Gasteiger partial charge in [-0.2, -0.15) is 0 Å². The van der Waals surface area contributed by atoms with Crippen molar-refractivity contribution in [1.82, 2.24) is 4.98 Å². The third-order valence-electron chi connectivity index (χ3n) is 4.86. The first-order valence-corrected chi connectivity index (χ1v) is 9.81. The molecule has 1 heterocycles. The van der Waals surface area contributed by atoms with Gasteiger partial charge in [-0.05, 0) is 55.0 Å². The van der Waals surface area contributed by atoms with E-state index in [1.165, 1.54) is 0 Å². The van der Waals surface area contributed by atoms with Gasteiger partial charge in [-0.3, -0.25) is 4.79 Å². The zero-order valence-corrected chi connectivity index (χ0v) is 16.3. The molecule has 3 rings (SSSR count). The molecular formula is C22H28N2O4. The van der Waals surface area contributed by atoms with Crippen LogP contribution in [0, 0.1) is 5.92 Å². The molecule has 0 aliphatic heterocycles. The fraction of sp³-hybridized carbons (Fsp3) is 0.455. The minimum atomic E-state index is -0.738. The van der Waals surface area contributed by atoms with E-state index < -0.39 is 11.9 Å². The SMILES string of the molecule is COCCCNc1cccc(CCOc2ccc(C(C(=O)O)C3CC3)cc2)n1. The fourth-order valence-electron chi connectivity index (χ4n) is 3.24. The van der Waals surface area contributed by atoms with Gasteiger partial charge in [-0.1, -0.05) is 18.2 Å². The van der Waals surface area contributed by atoms with Gasteiger partial charge >= 0.3 is 5.97 Å². The molecule has 6 heteroatoms. The van der Waals surface area contributed by atoms with Gasteiger partial charge in [-0.25, -0.2) is 4.98 Å². The van der Waals surface area contributed by atoms with Crippen molar-refractivity contribution in [3.63, 3.8) is 0 Å². The van der Waals surface area contributed by atoms with E-state index in [9.17, 15) is 9.90 Å². The van der Waals surface area contributed by atoms with Crippen LogP contribution in [0.5, 0.6) is 5.75 Å². The molecule has 0 amide bonds. The minimum absolute atomic E-state index is 0.283. The molecule has 1 aliphatic carbocycles. The van der Waals surface area contributed by atoms with Crippen molar-refractivity contribution in [2.24, 2.45) is 5.92 Å². The summed E-state index contributed by atoms with van der Waals surface area (Å²) in [6, 6.07) is 13.4. The highest BCUT2D eigenvalue weighted by Gasteiger charge is 2.37. The number of benzene rings is 1. The normalized spacial score (nSPS) is 14.5. The number of ether oxygens (including phenoxy) is 2. The Kier molecular flexibility index (Phi) is 7.25. The molecule has 1 atom stereocenters. The van der Waals surface area contributed by atoms with Crippen molar-refractivity contribution in [3.05, 3.63) is 53.7 Å². The summed E-state index contributed by atoms with van der Waals surface area (Å²) in [6.07, 6.45) is 3.64. The molecule has 1 aliphatic rings. The second-order valence-electron chi connectivity index (χ2n) is 7.11. The first-order valence-electron chi connectivity index (χ1n) is 9.81. The predicted molar refractivity (Wildman–Crippen MR) is 108 cm³/mol. The predicted octanol–water partition coefficient (Wildman–Crippen LogP) is 3.73. The number of carboxylic acids is 1. The number of anilines is 1. The molecule has 150 valence electrons. The van der Waals surface area contributed by atoms with Crippen molar-refractivity contribution in [2.45, 2.75) is 31.6 Å². The van der Waals surface area contributed by atoms with Gasteiger partial charge in [0.05, 0.1) is 12.5 Å². The molecule has 0 spiro atoms. The van der Waals surface area contributed by atoms with Crippen LogP contribution in [-0.2, 0) is 16.0 Å². The number of carboxylic acid groups (broad SMARTS) is 1. The van der Waals surface area contributed by atoms with Crippen LogP contribution < -0.4 is 10.1 Å². The number of methoxy groups -OCH3 is 1. The van der Waals surface area contributed by atoms with Crippen LogP contribution in [-0.4, -0.2) is 42.9 Å². The number of hydrogen-bond acceptors (Lipinski definition) is 5. The molecule has 1 aromatic carbocycles. The summed E-state index contributed by atoms with van der Waals surface area (Å²) in [6.45, 7) is 2.07. The summed E-state index contributed by atoms with van der Waals surface area (Å²) >= 11 is 0. The van der Waals surface area contributed by atoms with Gasteiger partial charge in [0.15, 0.2) is 0 Å². The molecule has 0 bridgehead atoms. The Bertz CT molecular complexity index is 759. The lowest BCUT2D eigenvalue weighted by molar-refractivity contribution is -0.139. The van der Waals surface area contributed by atoms with E-state index in [0.29, 0.717) is 13.0 Å². The Morgan fingerprint density at radius 2 is 2.00 bits per heavy atom. The summed E-state index contributed by atoms with van der Waals surface area (Å²) in [4.78, 5) is 16.1. The second-order valence-corrected chi connectivity index (χ2v) is 7.11. The molecule has 28 heavy (non-hydrogen) atoms. The molecule has 1 unspecified atom stereocenters. The van der Waals surface area contributed by atoms with Gasteiger partial charge in [-0.15, -0.1) is 0 Å². The van der Waals surface area contributed by atoms with Crippen molar-refractivity contribution in [3.8, 4) is 5.75 Å². The zero-order valence-electron chi connectivity index (χ0n) is 16.3. The first-order chi connectivity index (χ1) is 13.7. The van der Waals surface area contributed by atoms with Crippen LogP contribution in [0.4, 0.5) is 5.82 Å². The molecule has 1 aromatic heterocycles. The van der Waals surface area contributed by atoms with E-state index in [2.05, 4.69) is 10.3 Å². The number of nitrogens with one attached hydrogen (secondary N) is 1. The van der Waals surface area contributed by atoms with Crippen molar-refractivity contribution in [1.29, 1.82) is 0 Å². The van der Waals surface area contributed by atoms with Crippen LogP contribution >= 0.6 is 0 Å². The molecule has 0 saturated heterocycles.